The molecule has 14 heavy (non-hydrogen) atoms. The zero-order chi connectivity index (χ0) is 10.6. The van der Waals surface area contributed by atoms with E-state index in [1.165, 1.54) is 6.07 Å². The Morgan fingerprint density at radius 3 is 3.07 bits per heavy atom. The molecule has 0 aliphatic heterocycles. The third-order valence-electron chi connectivity index (χ3n) is 1.62. The van der Waals surface area contributed by atoms with Crippen LogP contribution in [-0.2, 0) is 5.75 Å². The highest BCUT2D eigenvalue weighted by Gasteiger charge is 2.11. The number of hydrogen-bond donors (Lipinski definition) is 2. The number of carbonyl (C=O) groups is 1. The van der Waals surface area contributed by atoms with Crippen molar-refractivity contribution in [3.05, 3.63) is 17.5 Å². The highest BCUT2D eigenvalue weighted by Crippen LogP contribution is 2.17. The Bertz CT molecular complexity index is 313. The van der Waals surface area contributed by atoms with Gasteiger partial charge in [0.25, 0.3) is 0 Å². The van der Waals surface area contributed by atoms with Crippen LogP contribution in [0.25, 0.3) is 0 Å². The average molecular weight is 216 g/mol. The molecule has 0 amide bonds. The minimum atomic E-state index is -1.07. The third-order valence-corrected chi connectivity index (χ3v) is 2.83. The summed E-state index contributed by atoms with van der Waals surface area (Å²) in [5, 5.41) is 12.3. The lowest BCUT2D eigenvalue weighted by Crippen LogP contribution is -2.12. The van der Waals surface area contributed by atoms with Crippen molar-refractivity contribution in [2.45, 2.75) is 17.9 Å². The number of hydrogen-bond acceptors (Lipinski definition) is 5. The van der Waals surface area contributed by atoms with Crippen molar-refractivity contribution in [2.75, 3.05) is 6.54 Å². The molecule has 1 heterocycles. The van der Waals surface area contributed by atoms with E-state index in [-0.39, 0.29) is 5.69 Å². The first-order chi connectivity index (χ1) is 6.63. The number of carboxylic acids is 1. The van der Waals surface area contributed by atoms with Gasteiger partial charge in [-0.1, -0.05) is 12.1 Å². The number of aromatic carboxylic acids is 1. The molecule has 1 atom stereocenters. The summed E-state index contributed by atoms with van der Waals surface area (Å²) in [7, 11) is 0. The lowest BCUT2D eigenvalue weighted by molar-refractivity contribution is 0.0685. The molecule has 1 aromatic heterocycles. The van der Waals surface area contributed by atoms with Crippen LogP contribution < -0.4 is 5.73 Å². The molecule has 0 fully saturated rings. The Labute approximate surface area is 85.6 Å². The number of aromatic nitrogens is 1. The topological polar surface area (TPSA) is 89.4 Å². The molecule has 0 bridgehead atoms. The van der Waals surface area contributed by atoms with Gasteiger partial charge in [0.2, 0.25) is 0 Å². The van der Waals surface area contributed by atoms with E-state index >= 15 is 0 Å². The van der Waals surface area contributed by atoms with Gasteiger partial charge in [0.1, 0.15) is 5.76 Å². The number of thioether (sulfide) groups is 1. The molecule has 1 aromatic rings. The highest BCUT2D eigenvalue weighted by atomic mass is 32.2. The molecule has 0 radical (unpaired) electrons. The molecule has 0 aromatic carbocycles. The normalized spacial score (nSPS) is 12.7. The summed E-state index contributed by atoms with van der Waals surface area (Å²) in [5.74, 6) is 0.0862. The fourth-order valence-electron chi connectivity index (χ4n) is 0.774. The Kier molecular flexibility index (Phi) is 3.97. The van der Waals surface area contributed by atoms with Gasteiger partial charge in [-0.15, -0.1) is 11.8 Å². The minimum Gasteiger partial charge on any atom is -0.476 e. The SMILES string of the molecule is CC(CN)SCc1cc(C(=O)O)no1. The maximum absolute atomic E-state index is 10.5. The fraction of sp³-hybridized carbons (Fsp3) is 0.500. The van der Waals surface area contributed by atoms with Crippen LogP contribution in [0.15, 0.2) is 10.6 Å². The lowest BCUT2D eigenvalue weighted by Gasteiger charge is -2.04. The van der Waals surface area contributed by atoms with Crippen molar-refractivity contribution in [1.29, 1.82) is 0 Å². The van der Waals surface area contributed by atoms with Gasteiger partial charge >= 0.3 is 5.97 Å². The smallest absolute Gasteiger partial charge is 0.358 e. The van der Waals surface area contributed by atoms with Crippen LogP contribution >= 0.6 is 11.8 Å². The van der Waals surface area contributed by atoms with Crippen molar-refractivity contribution in [1.82, 2.24) is 5.16 Å². The molecule has 1 unspecified atom stereocenters. The molecular weight excluding hydrogens is 204 g/mol. The van der Waals surface area contributed by atoms with E-state index in [0.717, 1.165) is 0 Å². The lowest BCUT2D eigenvalue weighted by atomic mass is 10.4. The highest BCUT2D eigenvalue weighted by molar-refractivity contribution is 7.99. The van der Waals surface area contributed by atoms with Gasteiger partial charge in [0.05, 0.1) is 5.75 Å². The molecule has 0 spiro atoms. The molecule has 0 saturated heterocycles. The Hall–Kier alpha value is -1.01. The Balaban J connectivity index is 2.48. The van der Waals surface area contributed by atoms with Gasteiger partial charge in [0.15, 0.2) is 5.69 Å². The number of carboxylic acid groups (broad SMARTS) is 1. The monoisotopic (exact) mass is 216 g/mol. The van der Waals surface area contributed by atoms with Gasteiger partial charge in [-0.2, -0.15) is 0 Å². The van der Waals surface area contributed by atoms with Crippen LogP contribution in [0.1, 0.15) is 23.2 Å². The first-order valence-corrected chi connectivity index (χ1v) is 5.19. The minimum absolute atomic E-state index is 0.0546. The summed E-state index contributed by atoms with van der Waals surface area (Å²) in [6.07, 6.45) is 0. The first-order valence-electron chi connectivity index (χ1n) is 4.14. The van der Waals surface area contributed by atoms with Crippen molar-refractivity contribution < 1.29 is 14.4 Å². The average Bonchev–Trinajstić information content (AvgIpc) is 2.62. The Morgan fingerprint density at radius 1 is 1.86 bits per heavy atom. The van der Waals surface area contributed by atoms with Crippen molar-refractivity contribution in [2.24, 2.45) is 5.73 Å². The van der Waals surface area contributed by atoms with Crippen molar-refractivity contribution in [3.8, 4) is 0 Å². The van der Waals surface area contributed by atoms with Gasteiger partial charge in [0, 0.05) is 17.9 Å². The van der Waals surface area contributed by atoms with E-state index in [0.29, 0.717) is 23.3 Å². The quantitative estimate of drug-likeness (QED) is 0.761. The summed E-state index contributed by atoms with van der Waals surface area (Å²) in [6, 6.07) is 1.43. The Morgan fingerprint density at radius 2 is 2.57 bits per heavy atom. The largest absolute Gasteiger partial charge is 0.476 e. The summed E-state index contributed by atoms with van der Waals surface area (Å²) in [5.41, 5.74) is 5.37. The van der Waals surface area contributed by atoms with E-state index in [1.807, 2.05) is 6.92 Å². The van der Waals surface area contributed by atoms with Gasteiger partial charge in [-0.05, 0) is 0 Å². The molecule has 3 N–H and O–H groups in total. The molecular formula is C8H12N2O3S. The molecule has 1 rings (SSSR count). The van der Waals surface area contributed by atoms with E-state index in [2.05, 4.69) is 5.16 Å². The summed E-state index contributed by atoms with van der Waals surface area (Å²) in [4.78, 5) is 10.5. The number of nitrogens with two attached hydrogens (primary N) is 1. The zero-order valence-electron chi connectivity index (χ0n) is 7.77. The van der Waals surface area contributed by atoms with E-state index in [4.69, 9.17) is 15.4 Å². The van der Waals surface area contributed by atoms with Crippen LogP contribution in [0.4, 0.5) is 0 Å². The number of nitrogens with zero attached hydrogens (tertiary/aromatic N) is 1. The van der Waals surface area contributed by atoms with E-state index in [1.54, 1.807) is 11.8 Å². The summed E-state index contributed by atoms with van der Waals surface area (Å²) in [6.45, 7) is 2.59. The number of rotatable bonds is 5. The standard InChI is InChI=1S/C8H12N2O3S/c1-5(3-9)14-4-6-2-7(8(11)12)10-13-6/h2,5H,3-4,9H2,1H3,(H,11,12). The molecule has 0 saturated carbocycles. The van der Waals surface area contributed by atoms with Crippen LogP contribution in [0.5, 0.6) is 0 Å². The maximum Gasteiger partial charge on any atom is 0.358 e. The van der Waals surface area contributed by atoms with Crippen LogP contribution in [0.3, 0.4) is 0 Å². The zero-order valence-corrected chi connectivity index (χ0v) is 8.58. The molecule has 5 nitrogen and oxygen atoms in total. The molecule has 6 heteroatoms. The second kappa shape index (κ2) is 5.02. The van der Waals surface area contributed by atoms with E-state index in [9.17, 15) is 4.79 Å². The van der Waals surface area contributed by atoms with Gasteiger partial charge in [-0.25, -0.2) is 4.79 Å². The molecule has 0 aliphatic carbocycles. The third kappa shape index (κ3) is 3.04. The van der Waals surface area contributed by atoms with Gasteiger partial charge in [-0.3, -0.25) is 0 Å². The van der Waals surface area contributed by atoms with Crippen molar-refractivity contribution >= 4 is 17.7 Å². The van der Waals surface area contributed by atoms with Gasteiger partial charge < -0.3 is 15.4 Å². The molecule has 0 aliphatic rings. The van der Waals surface area contributed by atoms with Crippen molar-refractivity contribution in [3.63, 3.8) is 0 Å². The predicted octanol–water partition coefficient (Wildman–Crippen LogP) is 0.953. The van der Waals surface area contributed by atoms with E-state index < -0.39 is 5.97 Å². The second-order valence-corrected chi connectivity index (χ2v) is 4.27. The predicted molar refractivity (Wildman–Crippen MR) is 53.3 cm³/mol. The van der Waals surface area contributed by atoms with Crippen LogP contribution in [0, 0.1) is 0 Å². The van der Waals surface area contributed by atoms with Crippen LogP contribution in [-0.4, -0.2) is 28.0 Å². The summed E-state index contributed by atoms with van der Waals surface area (Å²) < 4.78 is 4.83. The maximum atomic E-state index is 10.5. The molecule has 78 valence electrons. The fourth-order valence-corrected chi connectivity index (χ4v) is 1.50. The second-order valence-electron chi connectivity index (χ2n) is 2.84. The van der Waals surface area contributed by atoms with Crippen LogP contribution in [0.2, 0.25) is 0 Å². The first kappa shape index (κ1) is 11.1. The summed E-state index contributed by atoms with van der Waals surface area (Å²) >= 11 is 1.60.